The lowest BCUT2D eigenvalue weighted by atomic mass is 10.3. The number of ether oxygens (including phenoxy) is 1. The lowest BCUT2D eigenvalue weighted by Gasteiger charge is -2.15. The number of halogens is 1. The SMILES string of the molecule is C[C@@H](CNC(=O)c1ccoc1)Oc1cccc(F)c1. The van der Waals surface area contributed by atoms with Crippen molar-refractivity contribution in [3.63, 3.8) is 0 Å². The highest BCUT2D eigenvalue weighted by atomic mass is 19.1. The van der Waals surface area contributed by atoms with Crippen molar-refractivity contribution in [1.82, 2.24) is 5.32 Å². The summed E-state index contributed by atoms with van der Waals surface area (Å²) in [7, 11) is 0. The predicted molar refractivity (Wildman–Crippen MR) is 67.5 cm³/mol. The lowest BCUT2D eigenvalue weighted by Crippen LogP contribution is -2.33. The van der Waals surface area contributed by atoms with Crippen LogP contribution < -0.4 is 10.1 Å². The van der Waals surface area contributed by atoms with E-state index in [0.717, 1.165) is 0 Å². The first-order valence-corrected chi connectivity index (χ1v) is 5.88. The molecule has 0 saturated heterocycles. The fraction of sp³-hybridized carbons (Fsp3) is 0.214. The van der Waals surface area contributed by atoms with E-state index in [1.54, 1.807) is 25.1 Å². The molecule has 1 heterocycles. The van der Waals surface area contributed by atoms with Gasteiger partial charge in [-0.15, -0.1) is 0 Å². The van der Waals surface area contributed by atoms with Crippen LogP contribution in [0.5, 0.6) is 5.75 Å². The highest BCUT2D eigenvalue weighted by Crippen LogP contribution is 2.13. The van der Waals surface area contributed by atoms with Crippen LogP contribution in [0.2, 0.25) is 0 Å². The number of nitrogens with one attached hydrogen (secondary N) is 1. The van der Waals surface area contributed by atoms with Crippen LogP contribution in [0.1, 0.15) is 17.3 Å². The van der Waals surface area contributed by atoms with E-state index in [-0.39, 0.29) is 17.8 Å². The van der Waals surface area contributed by atoms with Crippen LogP contribution in [-0.4, -0.2) is 18.6 Å². The number of carbonyl (C=O) groups excluding carboxylic acids is 1. The Morgan fingerprint density at radius 3 is 3.00 bits per heavy atom. The molecule has 0 saturated carbocycles. The Balaban J connectivity index is 1.82. The van der Waals surface area contributed by atoms with E-state index in [1.807, 2.05) is 0 Å². The first-order chi connectivity index (χ1) is 9.15. The van der Waals surface area contributed by atoms with Crippen LogP contribution in [0.15, 0.2) is 47.3 Å². The molecule has 2 rings (SSSR count). The summed E-state index contributed by atoms with van der Waals surface area (Å²) < 4.78 is 23.3. The number of rotatable bonds is 5. The Labute approximate surface area is 110 Å². The molecule has 0 aliphatic carbocycles. The summed E-state index contributed by atoms with van der Waals surface area (Å²) in [5, 5.41) is 2.70. The van der Waals surface area contributed by atoms with Crippen molar-refractivity contribution in [2.24, 2.45) is 0 Å². The normalized spacial score (nSPS) is 11.9. The summed E-state index contributed by atoms with van der Waals surface area (Å²) in [5.74, 6) is -0.152. The zero-order valence-corrected chi connectivity index (χ0v) is 10.4. The molecule has 100 valence electrons. The van der Waals surface area contributed by atoms with Gasteiger partial charge in [-0.1, -0.05) is 6.07 Å². The topological polar surface area (TPSA) is 51.5 Å². The van der Waals surface area contributed by atoms with Gasteiger partial charge in [0.25, 0.3) is 5.91 Å². The van der Waals surface area contributed by atoms with E-state index in [0.29, 0.717) is 17.9 Å². The van der Waals surface area contributed by atoms with E-state index in [9.17, 15) is 9.18 Å². The third kappa shape index (κ3) is 3.84. The molecule has 1 aromatic carbocycles. The van der Waals surface area contributed by atoms with Gasteiger partial charge in [0.1, 0.15) is 23.9 Å². The Morgan fingerprint density at radius 2 is 2.32 bits per heavy atom. The molecule has 5 heteroatoms. The van der Waals surface area contributed by atoms with Crippen LogP contribution in [0.25, 0.3) is 0 Å². The largest absolute Gasteiger partial charge is 0.489 e. The Hall–Kier alpha value is -2.30. The summed E-state index contributed by atoms with van der Waals surface area (Å²) in [6, 6.07) is 7.46. The minimum absolute atomic E-state index is 0.233. The zero-order chi connectivity index (χ0) is 13.7. The molecule has 0 bridgehead atoms. The number of amides is 1. The summed E-state index contributed by atoms with van der Waals surface area (Å²) in [5.41, 5.74) is 0.456. The molecule has 1 aromatic heterocycles. The Bertz CT molecular complexity index is 539. The molecular weight excluding hydrogens is 249 g/mol. The molecule has 1 amide bonds. The van der Waals surface area contributed by atoms with Gasteiger partial charge < -0.3 is 14.5 Å². The first kappa shape index (κ1) is 13.1. The average Bonchev–Trinajstić information content (AvgIpc) is 2.90. The van der Waals surface area contributed by atoms with E-state index in [4.69, 9.17) is 9.15 Å². The second-order valence-corrected chi connectivity index (χ2v) is 4.11. The summed E-state index contributed by atoms with van der Waals surface area (Å²) in [6.45, 7) is 2.11. The van der Waals surface area contributed by atoms with Crippen molar-refractivity contribution in [3.05, 3.63) is 54.2 Å². The number of hydrogen-bond acceptors (Lipinski definition) is 3. The van der Waals surface area contributed by atoms with Crippen LogP contribution in [0.3, 0.4) is 0 Å². The van der Waals surface area contributed by atoms with E-state index in [1.165, 1.54) is 24.7 Å². The molecule has 1 atom stereocenters. The molecular formula is C14H14FNO3. The van der Waals surface area contributed by atoms with Crippen molar-refractivity contribution >= 4 is 5.91 Å². The molecule has 0 fully saturated rings. The number of furan rings is 1. The quantitative estimate of drug-likeness (QED) is 0.902. The van der Waals surface area contributed by atoms with Crippen LogP contribution in [-0.2, 0) is 0 Å². The molecule has 19 heavy (non-hydrogen) atoms. The van der Waals surface area contributed by atoms with Gasteiger partial charge in [-0.05, 0) is 25.1 Å². The van der Waals surface area contributed by atoms with E-state index >= 15 is 0 Å². The average molecular weight is 263 g/mol. The van der Waals surface area contributed by atoms with Crippen LogP contribution in [0.4, 0.5) is 4.39 Å². The van der Waals surface area contributed by atoms with Crippen LogP contribution >= 0.6 is 0 Å². The molecule has 0 radical (unpaired) electrons. The maximum absolute atomic E-state index is 13.0. The molecule has 0 unspecified atom stereocenters. The maximum Gasteiger partial charge on any atom is 0.254 e. The standard InChI is InChI=1S/C14H14FNO3/c1-10(19-13-4-2-3-12(15)7-13)8-16-14(17)11-5-6-18-9-11/h2-7,9-10H,8H2,1H3,(H,16,17)/t10-/m0/s1. The van der Waals surface area contributed by atoms with Gasteiger partial charge in [-0.25, -0.2) is 4.39 Å². The monoisotopic (exact) mass is 263 g/mol. The van der Waals surface area contributed by atoms with Crippen molar-refractivity contribution in [2.75, 3.05) is 6.54 Å². The highest BCUT2D eigenvalue weighted by Gasteiger charge is 2.10. The molecule has 2 aromatic rings. The highest BCUT2D eigenvalue weighted by molar-refractivity contribution is 5.93. The fourth-order valence-corrected chi connectivity index (χ4v) is 1.55. The Kier molecular flexibility index (Phi) is 4.18. The van der Waals surface area contributed by atoms with Crippen molar-refractivity contribution in [1.29, 1.82) is 0 Å². The predicted octanol–water partition coefficient (Wildman–Crippen LogP) is 2.62. The Morgan fingerprint density at radius 1 is 1.47 bits per heavy atom. The zero-order valence-electron chi connectivity index (χ0n) is 10.4. The van der Waals surface area contributed by atoms with Gasteiger partial charge in [0.15, 0.2) is 0 Å². The van der Waals surface area contributed by atoms with Gasteiger partial charge in [-0.2, -0.15) is 0 Å². The second-order valence-electron chi connectivity index (χ2n) is 4.11. The smallest absolute Gasteiger partial charge is 0.254 e. The van der Waals surface area contributed by atoms with Gasteiger partial charge in [0.2, 0.25) is 0 Å². The van der Waals surface area contributed by atoms with E-state index < -0.39 is 0 Å². The molecule has 1 N–H and O–H groups in total. The van der Waals surface area contributed by atoms with Crippen molar-refractivity contribution in [2.45, 2.75) is 13.0 Å². The summed E-state index contributed by atoms with van der Waals surface area (Å²) in [6.07, 6.45) is 2.53. The lowest BCUT2D eigenvalue weighted by molar-refractivity contribution is 0.0931. The van der Waals surface area contributed by atoms with Gasteiger partial charge in [-0.3, -0.25) is 4.79 Å². The third-order valence-corrected chi connectivity index (χ3v) is 2.47. The fourth-order valence-electron chi connectivity index (χ4n) is 1.55. The first-order valence-electron chi connectivity index (χ1n) is 5.88. The second kappa shape index (κ2) is 6.04. The molecule has 0 spiro atoms. The molecule has 0 aliphatic heterocycles. The molecule has 4 nitrogen and oxygen atoms in total. The number of hydrogen-bond donors (Lipinski definition) is 1. The minimum atomic E-state index is -0.355. The van der Waals surface area contributed by atoms with Crippen molar-refractivity contribution < 1.29 is 18.3 Å². The third-order valence-electron chi connectivity index (χ3n) is 2.47. The summed E-state index contributed by atoms with van der Waals surface area (Å²) >= 11 is 0. The van der Waals surface area contributed by atoms with Crippen molar-refractivity contribution in [3.8, 4) is 5.75 Å². The van der Waals surface area contributed by atoms with E-state index in [2.05, 4.69) is 5.32 Å². The summed E-state index contributed by atoms with van der Waals surface area (Å²) in [4.78, 5) is 11.6. The van der Waals surface area contributed by atoms with Gasteiger partial charge in [0, 0.05) is 6.07 Å². The minimum Gasteiger partial charge on any atom is -0.489 e. The number of benzene rings is 1. The maximum atomic E-state index is 13.0. The number of carbonyl (C=O) groups is 1. The van der Waals surface area contributed by atoms with Gasteiger partial charge in [0.05, 0.1) is 18.4 Å². The van der Waals surface area contributed by atoms with Crippen LogP contribution in [0, 0.1) is 5.82 Å². The molecule has 0 aliphatic rings. The van der Waals surface area contributed by atoms with Gasteiger partial charge >= 0.3 is 0 Å².